The third-order valence-corrected chi connectivity index (χ3v) is 2.81. The summed E-state index contributed by atoms with van der Waals surface area (Å²) in [5, 5.41) is 11.6. The molecule has 5 heteroatoms. The molecule has 3 N–H and O–H groups in total. The van der Waals surface area contributed by atoms with E-state index in [2.05, 4.69) is 22.2 Å². The van der Waals surface area contributed by atoms with Crippen LogP contribution < -0.4 is 10.6 Å². The number of nitrogens with two attached hydrogens (primary N) is 1. The van der Waals surface area contributed by atoms with Crippen LogP contribution in [-0.2, 0) is 4.74 Å². The number of rotatable bonds is 9. The summed E-state index contributed by atoms with van der Waals surface area (Å²) < 4.78 is 5.35. The topological polar surface area (TPSA) is 71.1 Å². The van der Waals surface area contributed by atoms with E-state index in [0.717, 1.165) is 38.4 Å². The summed E-state index contributed by atoms with van der Waals surface area (Å²) in [6.07, 6.45) is 1.50. The minimum atomic E-state index is 0.255. The van der Waals surface area contributed by atoms with Crippen molar-refractivity contribution in [2.24, 2.45) is 10.9 Å². The lowest BCUT2D eigenvalue weighted by atomic mass is 10.2. The fourth-order valence-corrected chi connectivity index (χ4v) is 1.81. The molecule has 106 valence electrons. The van der Waals surface area contributed by atoms with Crippen molar-refractivity contribution in [1.29, 1.82) is 0 Å². The summed E-state index contributed by atoms with van der Waals surface area (Å²) >= 11 is 0. The first-order chi connectivity index (χ1) is 9.27. The number of amidine groups is 1. The zero-order valence-electron chi connectivity index (χ0n) is 11.5. The van der Waals surface area contributed by atoms with Gasteiger partial charge in [-0.05, 0) is 25.5 Å². The highest BCUT2D eigenvalue weighted by Crippen LogP contribution is 2.14. The van der Waals surface area contributed by atoms with Crippen molar-refractivity contribution in [3.05, 3.63) is 30.3 Å². The Bertz CT molecular complexity index is 368. The Hall–Kier alpha value is -1.75. The molecule has 0 saturated heterocycles. The van der Waals surface area contributed by atoms with E-state index >= 15 is 0 Å². The van der Waals surface area contributed by atoms with Crippen molar-refractivity contribution in [1.82, 2.24) is 0 Å². The second-order valence-electron chi connectivity index (χ2n) is 4.21. The molecule has 0 aliphatic carbocycles. The number of para-hydroxylation sites is 1. The SMILES string of the molecule is CCOCCCN(CCC(N)=NO)c1ccccc1. The van der Waals surface area contributed by atoms with Gasteiger partial charge in [0.1, 0.15) is 5.84 Å². The van der Waals surface area contributed by atoms with Gasteiger partial charge in [0.05, 0.1) is 0 Å². The molecule has 0 fully saturated rings. The zero-order valence-corrected chi connectivity index (χ0v) is 11.5. The monoisotopic (exact) mass is 265 g/mol. The smallest absolute Gasteiger partial charge is 0.140 e. The van der Waals surface area contributed by atoms with E-state index in [-0.39, 0.29) is 5.84 Å². The Morgan fingerprint density at radius 1 is 1.32 bits per heavy atom. The average molecular weight is 265 g/mol. The summed E-state index contributed by atoms with van der Waals surface area (Å²) in [6, 6.07) is 10.1. The van der Waals surface area contributed by atoms with Crippen LogP contribution in [0.2, 0.25) is 0 Å². The average Bonchev–Trinajstić information content (AvgIpc) is 2.47. The van der Waals surface area contributed by atoms with E-state index in [1.807, 2.05) is 25.1 Å². The Morgan fingerprint density at radius 3 is 2.68 bits per heavy atom. The standard InChI is InChI=1S/C14H23N3O2/c1-2-19-12-6-10-17(11-9-14(15)16-18)13-7-4-3-5-8-13/h3-5,7-8,18H,2,6,9-12H2,1H3,(H2,15,16). The molecule has 0 bridgehead atoms. The molecule has 1 rings (SSSR count). The number of oxime groups is 1. The summed E-state index contributed by atoms with van der Waals surface area (Å²) in [6.45, 7) is 5.11. The zero-order chi connectivity index (χ0) is 13.9. The molecule has 0 spiro atoms. The lowest BCUT2D eigenvalue weighted by molar-refractivity contribution is 0.146. The summed E-state index contributed by atoms with van der Waals surface area (Å²) in [5.74, 6) is 0.255. The molecule has 0 aliphatic heterocycles. The first-order valence-electron chi connectivity index (χ1n) is 6.62. The van der Waals surface area contributed by atoms with E-state index < -0.39 is 0 Å². The second-order valence-corrected chi connectivity index (χ2v) is 4.21. The molecule has 0 aromatic heterocycles. The summed E-state index contributed by atoms with van der Waals surface area (Å²) in [7, 11) is 0. The van der Waals surface area contributed by atoms with Crippen molar-refractivity contribution in [3.63, 3.8) is 0 Å². The van der Waals surface area contributed by atoms with Crippen LogP contribution in [0, 0.1) is 0 Å². The van der Waals surface area contributed by atoms with Gasteiger partial charge in [-0.15, -0.1) is 0 Å². The predicted octanol–water partition coefficient (Wildman–Crippen LogP) is 2.06. The molecule has 0 unspecified atom stereocenters. The van der Waals surface area contributed by atoms with Crippen molar-refractivity contribution in [3.8, 4) is 0 Å². The van der Waals surface area contributed by atoms with Crippen molar-refractivity contribution in [2.45, 2.75) is 19.8 Å². The second kappa shape index (κ2) is 9.22. The minimum absolute atomic E-state index is 0.255. The normalized spacial score (nSPS) is 11.5. The number of ether oxygens (including phenoxy) is 1. The molecule has 0 radical (unpaired) electrons. The van der Waals surface area contributed by atoms with Gasteiger partial charge in [-0.1, -0.05) is 23.4 Å². The van der Waals surface area contributed by atoms with Gasteiger partial charge in [0.25, 0.3) is 0 Å². The highest BCUT2D eigenvalue weighted by Gasteiger charge is 2.07. The molecule has 0 aliphatic rings. The quantitative estimate of drug-likeness (QED) is 0.236. The molecule has 19 heavy (non-hydrogen) atoms. The predicted molar refractivity (Wildman–Crippen MR) is 77.8 cm³/mol. The van der Waals surface area contributed by atoms with E-state index in [9.17, 15) is 0 Å². The fourth-order valence-electron chi connectivity index (χ4n) is 1.81. The van der Waals surface area contributed by atoms with Crippen LogP contribution in [0.3, 0.4) is 0 Å². The van der Waals surface area contributed by atoms with Gasteiger partial charge in [-0.3, -0.25) is 0 Å². The van der Waals surface area contributed by atoms with Crippen molar-refractivity contribution >= 4 is 11.5 Å². The van der Waals surface area contributed by atoms with E-state index in [0.29, 0.717) is 6.42 Å². The Morgan fingerprint density at radius 2 is 2.05 bits per heavy atom. The lowest BCUT2D eigenvalue weighted by Crippen LogP contribution is -2.29. The Labute approximate surface area is 114 Å². The lowest BCUT2D eigenvalue weighted by Gasteiger charge is -2.24. The number of hydrogen-bond acceptors (Lipinski definition) is 4. The van der Waals surface area contributed by atoms with Crippen molar-refractivity contribution in [2.75, 3.05) is 31.2 Å². The van der Waals surface area contributed by atoms with Gasteiger partial charge < -0.3 is 20.6 Å². The maximum Gasteiger partial charge on any atom is 0.140 e. The van der Waals surface area contributed by atoms with Gasteiger partial charge in [0.2, 0.25) is 0 Å². The number of hydrogen-bond donors (Lipinski definition) is 2. The number of anilines is 1. The van der Waals surface area contributed by atoms with Crippen molar-refractivity contribution < 1.29 is 9.94 Å². The molecule has 1 aromatic rings. The van der Waals surface area contributed by atoms with Crippen LogP contribution in [0.25, 0.3) is 0 Å². The Balaban J connectivity index is 2.52. The molecule has 0 saturated carbocycles. The van der Waals surface area contributed by atoms with E-state index in [1.165, 1.54) is 0 Å². The van der Waals surface area contributed by atoms with Gasteiger partial charge in [0, 0.05) is 38.4 Å². The first-order valence-corrected chi connectivity index (χ1v) is 6.62. The van der Waals surface area contributed by atoms with Crippen LogP contribution in [0.1, 0.15) is 19.8 Å². The van der Waals surface area contributed by atoms with Crippen LogP contribution >= 0.6 is 0 Å². The van der Waals surface area contributed by atoms with Crippen LogP contribution in [0.5, 0.6) is 0 Å². The molecular formula is C14H23N3O2. The first kappa shape index (κ1) is 15.3. The van der Waals surface area contributed by atoms with E-state index in [4.69, 9.17) is 15.7 Å². The molecule has 0 heterocycles. The fraction of sp³-hybridized carbons (Fsp3) is 0.500. The molecule has 0 amide bonds. The third kappa shape index (κ3) is 6.10. The number of benzene rings is 1. The van der Waals surface area contributed by atoms with E-state index in [1.54, 1.807) is 0 Å². The maximum atomic E-state index is 8.59. The van der Waals surface area contributed by atoms with Crippen LogP contribution in [0.15, 0.2) is 35.5 Å². The Kier molecular flexibility index (Phi) is 7.43. The molecule has 0 atom stereocenters. The molecule has 5 nitrogen and oxygen atoms in total. The summed E-state index contributed by atoms with van der Waals surface area (Å²) in [5.41, 5.74) is 6.67. The largest absolute Gasteiger partial charge is 0.409 e. The molecular weight excluding hydrogens is 242 g/mol. The minimum Gasteiger partial charge on any atom is -0.409 e. The summed E-state index contributed by atoms with van der Waals surface area (Å²) in [4.78, 5) is 2.22. The van der Waals surface area contributed by atoms with Gasteiger partial charge in [0.15, 0.2) is 0 Å². The van der Waals surface area contributed by atoms with Crippen LogP contribution in [-0.4, -0.2) is 37.3 Å². The maximum absolute atomic E-state index is 8.59. The van der Waals surface area contributed by atoms with Crippen LogP contribution in [0.4, 0.5) is 5.69 Å². The number of nitrogens with zero attached hydrogens (tertiary/aromatic N) is 2. The van der Waals surface area contributed by atoms with Gasteiger partial charge >= 0.3 is 0 Å². The third-order valence-electron chi connectivity index (χ3n) is 2.81. The molecule has 1 aromatic carbocycles. The van der Waals surface area contributed by atoms with Gasteiger partial charge in [-0.25, -0.2) is 0 Å². The van der Waals surface area contributed by atoms with Gasteiger partial charge in [-0.2, -0.15) is 0 Å². The highest BCUT2D eigenvalue weighted by atomic mass is 16.5. The highest BCUT2D eigenvalue weighted by molar-refractivity contribution is 5.80.